The van der Waals surface area contributed by atoms with Crippen molar-refractivity contribution in [2.45, 2.75) is 0 Å². The van der Waals surface area contributed by atoms with Crippen LogP contribution in [0.4, 0.5) is 4.39 Å². The van der Waals surface area contributed by atoms with Crippen molar-refractivity contribution in [3.05, 3.63) is 35.1 Å². The standard InChI is InChI=1S/C10H6FNO2/c11-9-3-1-8(6-13)7(5-9)2-4-10(12)14/h1,3,5-6H,(H2,12,14). The van der Waals surface area contributed by atoms with Gasteiger partial charge in [0.1, 0.15) is 5.82 Å². The molecule has 3 nitrogen and oxygen atoms in total. The Kier molecular flexibility index (Phi) is 2.97. The minimum Gasteiger partial charge on any atom is -0.359 e. The van der Waals surface area contributed by atoms with E-state index >= 15 is 0 Å². The zero-order valence-electron chi connectivity index (χ0n) is 7.08. The summed E-state index contributed by atoms with van der Waals surface area (Å²) in [6.45, 7) is 0. The molecule has 0 unspecified atom stereocenters. The van der Waals surface area contributed by atoms with Crippen molar-refractivity contribution in [3.8, 4) is 11.8 Å². The van der Waals surface area contributed by atoms with E-state index in [1.54, 1.807) is 0 Å². The highest BCUT2D eigenvalue weighted by Crippen LogP contribution is 2.07. The van der Waals surface area contributed by atoms with Crippen LogP contribution in [0.3, 0.4) is 0 Å². The van der Waals surface area contributed by atoms with E-state index < -0.39 is 11.7 Å². The topological polar surface area (TPSA) is 60.2 Å². The van der Waals surface area contributed by atoms with Crippen molar-refractivity contribution in [1.82, 2.24) is 0 Å². The highest BCUT2D eigenvalue weighted by atomic mass is 19.1. The summed E-state index contributed by atoms with van der Waals surface area (Å²) in [6, 6.07) is 3.49. The van der Waals surface area contributed by atoms with Gasteiger partial charge in [0, 0.05) is 17.0 Å². The lowest BCUT2D eigenvalue weighted by Gasteiger charge is -1.95. The van der Waals surface area contributed by atoms with Crippen LogP contribution in [0.15, 0.2) is 18.2 Å². The van der Waals surface area contributed by atoms with Crippen molar-refractivity contribution in [3.63, 3.8) is 0 Å². The van der Waals surface area contributed by atoms with Gasteiger partial charge < -0.3 is 5.73 Å². The predicted molar refractivity (Wildman–Crippen MR) is 47.9 cm³/mol. The first kappa shape index (κ1) is 9.93. The van der Waals surface area contributed by atoms with Crippen molar-refractivity contribution >= 4 is 12.2 Å². The Bertz CT molecular complexity index is 443. The first-order chi connectivity index (χ1) is 6.63. The minimum absolute atomic E-state index is 0.152. The van der Waals surface area contributed by atoms with Gasteiger partial charge in [-0.05, 0) is 18.2 Å². The molecule has 70 valence electrons. The third-order valence-electron chi connectivity index (χ3n) is 1.46. The Labute approximate surface area is 79.7 Å². The Balaban J connectivity index is 3.19. The average Bonchev–Trinajstić information content (AvgIpc) is 2.15. The SMILES string of the molecule is NC(=O)C#Cc1cc(F)ccc1C=O. The van der Waals surface area contributed by atoms with Gasteiger partial charge in [-0.2, -0.15) is 0 Å². The number of rotatable bonds is 1. The number of carbonyl (C=O) groups excluding carboxylic acids is 2. The largest absolute Gasteiger partial charge is 0.359 e. The lowest BCUT2D eigenvalue weighted by Crippen LogP contribution is -2.06. The molecule has 4 heteroatoms. The summed E-state index contributed by atoms with van der Waals surface area (Å²) in [7, 11) is 0. The van der Waals surface area contributed by atoms with Crippen molar-refractivity contribution in [1.29, 1.82) is 0 Å². The molecule has 1 amide bonds. The van der Waals surface area contributed by atoms with E-state index in [1.165, 1.54) is 6.07 Å². The molecule has 0 aliphatic carbocycles. The first-order valence-electron chi connectivity index (χ1n) is 3.69. The second kappa shape index (κ2) is 4.19. The van der Waals surface area contributed by atoms with E-state index in [9.17, 15) is 14.0 Å². The van der Waals surface area contributed by atoms with Crippen LogP contribution in [0.2, 0.25) is 0 Å². The van der Waals surface area contributed by atoms with E-state index in [2.05, 4.69) is 5.92 Å². The highest BCUT2D eigenvalue weighted by molar-refractivity contribution is 5.93. The second-order valence-electron chi connectivity index (χ2n) is 2.46. The fourth-order valence-electron chi connectivity index (χ4n) is 0.868. The summed E-state index contributed by atoms with van der Waals surface area (Å²) >= 11 is 0. The van der Waals surface area contributed by atoms with Crippen LogP contribution in [0, 0.1) is 17.7 Å². The van der Waals surface area contributed by atoms with Gasteiger partial charge in [-0.1, -0.05) is 5.92 Å². The molecule has 1 aromatic rings. The molecule has 0 heterocycles. The third kappa shape index (κ3) is 2.42. The summed E-state index contributed by atoms with van der Waals surface area (Å²) < 4.78 is 12.7. The lowest BCUT2D eigenvalue weighted by molar-refractivity contribution is -0.112. The smallest absolute Gasteiger partial charge is 0.293 e. The number of nitrogens with two attached hydrogens (primary N) is 1. The molecule has 0 radical (unpaired) electrons. The fraction of sp³-hybridized carbons (Fsp3) is 0. The Morgan fingerprint density at radius 3 is 2.79 bits per heavy atom. The van der Waals surface area contributed by atoms with Crippen molar-refractivity contribution in [2.24, 2.45) is 5.73 Å². The van der Waals surface area contributed by atoms with Crippen LogP contribution in [0.1, 0.15) is 15.9 Å². The molecule has 0 spiro atoms. The number of halogens is 1. The maximum atomic E-state index is 12.7. The van der Waals surface area contributed by atoms with Crippen LogP contribution < -0.4 is 5.73 Å². The number of hydrogen-bond donors (Lipinski definition) is 1. The number of hydrogen-bond acceptors (Lipinski definition) is 2. The molecular formula is C10H6FNO2. The number of benzene rings is 1. The molecule has 1 rings (SSSR count). The lowest BCUT2D eigenvalue weighted by atomic mass is 10.1. The van der Waals surface area contributed by atoms with Gasteiger partial charge in [-0.15, -0.1) is 0 Å². The molecule has 0 fully saturated rings. The van der Waals surface area contributed by atoms with Gasteiger partial charge in [0.2, 0.25) is 0 Å². The molecule has 0 atom stereocenters. The van der Waals surface area contributed by atoms with Crippen LogP contribution in [-0.4, -0.2) is 12.2 Å². The normalized spacial score (nSPS) is 8.64. The van der Waals surface area contributed by atoms with Gasteiger partial charge >= 0.3 is 0 Å². The van der Waals surface area contributed by atoms with Crippen molar-refractivity contribution < 1.29 is 14.0 Å². The number of aldehydes is 1. The molecule has 0 saturated carbocycles. The molecule has 0 aliphatic heterocycles. The summed E-state index contributed by atoms with van der Waals surface area (Å²) in [5, 5.41) is 0. The number of primary amides is 1. The Morgan fingerprint density at radius 1 is 1.50 bits per heavy atom. The number of amides is 1. The van der Waals surface area contributed by atoms with E-state index in [0.29, 0.717) is 6.29 Å². The molecule has 0 saturated heterocycles. The van der Waals surface area contributed by atoms with Crippen LogP contribution in [-0.2, 0) is 4.79 Å². The first-order valence-corrected chi connectivity index (χ1v) is 3.69. The molecule has 0 aromatic heterocycles. The van der Waals surface area contributed by atoms with Crippen LogP contribution in [0.5, 0.6) is 0 Å². The Morgan fingerprint density at radius 2 is 2.21 bits per heavy atom. The fourth-order valence-corrected chi connectivity index (χ4v) is 0.868. The van der Waals surface area contributed by atoms with E-state index in [1.807, 2.05) is 5.92 Å². The quantitative estimate of drug-likeness (QED) is 0.518. The summed E-state index contributed by atoms with van der Waals surface area (Å²) in [5.74, 6) is 2.98. The molecule has 0 bridgehead atoms. The maximum Gasteiger partial charge on any atom is 0.293 e. The Hall–Kier alpha value is -2.15. The van der Waals surface area contributed by atoms with Crippen LogP contribution >= 0.6 is 0 Å². The molecule has 14 heavy (non-hydrogen) atoms. The van der Waals surface area contributed by atoms with Gasteiger partial charge in [0.15, 0.2) is 6.29 Å². The van der Waals surface area contributed by atoms with Crippen LogP contribution in [0.25, 0.3) is 0 Å². The summed E-state index contributed by atoms with van der Waals surface area (Å²) in [5.41, 5.74) is 5.15. The molecule has 2 N–H and O–H groups in total. The van der Waals surface area contributed by atoms with Crippen molar-refractivity contribution in [2.75, 3.05) is 0 Å². The second-order valence-corrected chi connectivity index (χ2v) is 2.46. The minimum atomic E-state index is -0.828. The maximum absolute atomic E-state index is 12.7. The van der Waals surface area contributed by atoms with Gasteiger partial charge in [-0.25, -0.2) is 4.39 Å². The molecule has 0 aliphatic rings. The zero-order valence-corrected chi connectivity index (χ0v) is 7.08. The van der Waals surface area contributed by atoms with E-state index in [4.69, 9.17) is 5.73 Å². The molecule has 1 aromatic carbocycles. The average molecular weight is 191 g/mol. The summed E-state index contributed by atoms with van der Waals surface area (Å²) in [4.78, 5) is 20.8. The third-order valence-corrected chi connectivity index (χ3v) is 1.46. The van der Waals surface area contributed by atoms with Gasteiger partial charge in [0.05, 0.1) is 0 Å². The monoisotopic (exact) mass is 191 g/mol. The highest BCUT2D eigenvalue weighted by Gasteiger charge is 2.00. The summed E-state index contributed by atoms with van der Waals surface area (Å²) in [6.07, 6.45) is 0.532. The predicted octanol–water partition coefficient (Wildman–Crippen LogP) is 0.475. The van der Waals surface area contributed by atoms with E-state index in [-0.39, 0.29) is 11.1 Å². The zero-order chi connectivity index (χ0) is 10.6. The molecular weight excluding hydrogens is 185 g/mol. The number of carbonyl (C=O) groups is 2. The van der Waals surface area contributed by atoms with Gasteiger partial charge in [-0.3, -0.25) is 9.59 Å². The van der Waals surface area contributed by atoms with E-state index in [0.717, 1.165) is 12.1 Å². The van der Waals surface area contributed by atoms with Gasteiger partial charge in [0.25, 0.3) is 5.91 Å².